The van der Waals surface area contributed by atoms with Gasteiger partial charge in [-0.15, -0.1) is 0 Å². The van der Waals surface area contributed by atoms with Gasteiger partial charge in [0.2, 0.25) is 0 Å². The van der Waals surface area contributed by atoms with Gasteiger partial charge in [0.05, 0.1) is 18.2 Å². The first-order chi connectivity index (χ1) is 9.99. The van der Waals surface area contributed by atoms with Crippen LogP contribution in [0.15, 0.2) is 24.3 Å². The van der Waals surface area contributed by atoms with Crippen molar-refractivity contribution in [2.24, 2.45) is 0 Å². The molecule has 1 N–H and O–H groups in total. The van der Waals surface area contributed by atoms with Crippen molar-refractivity contribution < 1.29 is 4.74 Å². The largest absolute Gasteiger partial charge is 0.374 e. The first-order valence-corrected chi connectivity index (χ1v) is 8.47. The minimum absolute atomic E-state index is 0.0853. The maximum atomic E-state index is 5.99. The third-order valence-corrected chi connectivity index (χ3v) is 4.24. The number of hydrogen-bond acceptors (Lipinski definition) is 2. The third kappa shape index (κ3) is 5.12. The minimum Gasteiger partial charge on any atom is -0.374 e. The van der Waals surface area contributed by atoms with Crippen LogP contribution < -0.4 is 5.32 Å². The summed E-state index contributed by atoms with van der Waals surface area (Å²) in [6.45, 7) is 10.3. The van der Waals surface area contributed by atoms with E-state index in [1.54, 1.807) is 0 Å². The van der Waals surface area contributed by atoms with Gasteiger partial charge in [-0.3, -0.25) is 0 Å². The lowest BCUT2D eigenvalue weighted by Gasteiger charge is -2.28. The standard InChI is InChI=1S/C19H31NO/c1-5-13-20-18(14-21-19(2,3)4)17-11-9-16(10-12-17)15-7-6-8-15/h9-12,15,18,20H,5-8,13-14H2,1-4H3. The summed E-state index contributed by atoms with van der Waals surface area (Å²) >= 11 is 0. The van der Waals surface area contributed by atoms with Crippen molar-refractivity contribution in [2.45, 2.75) is 70.9 Å². The predicted octanol–water partition coefficient (Wildman–Crippen LogP) is 4.81. The van der Waals surface area contributed by atoms with Crippen LogP contribution in [0, 0.1) is 0 Å². The van der Waals surface area contributed by atoms with E-state index >= 15 is 0 Å². The van der Waals surface area contributed by atoms with Crippen LogP contribution in [0.5, 0.6) is 0 Å². The van der Waals surface area contributed by atoms with E-state index in [2.05, 4.69) is 57.3 Å². The zero-order valence-electron chi connectivity index (χ0n) is 14.1. The fraction of sp³-hybridized carbons (Fsp3) is 0.684. The van der Waals surface area contributed by atoms with Gasteiger partial charge in [-0.05, 0) is 63.6 Å². The van der Waals surface area contributed by atoms with Gasteiger partial charge in [-0.2, -0.15) is 0 Å². The van der Waals surface area contributed by atoms with Crippen molar-refractivity contribution in [3.63, 3.8) is 0 Å². The topological polar surface area (TPSA) is 21.3 Å². The zero-order valence-corrected chi connectivity index (χ0v) is 14.1. The van der Waals surface area contributed by atoms with E-state index in [4.69, 9.17) is 4.74 Å². The molecule has 1 unspecified atom stereocenters. The molecule has 0 aliphatic heterocycles. The molecule has 2 rings (SSSR count). The second-order valence-corrected chi connectivity index (χ2v) is 7.22. The Bertz CT molecular complexity index is 414. The second kappa shape index (κ2) is 7.42. The number of benzene rings is 1. The highest BCUT2D eigenvalue weighted by Crippen LogP contribution is 2.36. The van der Waals surface area contributed by atoms with E-state index in [0.29, 0.717) is 6.04 Å². The maximum absolute atomic E-state index is 5.99. The van der Waals surface area contributed by atoms with E-state index in [-0.39, 0.29) is 5.60 Å². The van der Waals surface area contributed by atoms with E-state index < -0.39 is 0 Å². The maximum Gasteiger partial charge on any atom is 0.0668 e. The molecule has 1 aliphatic carbocycles. The number of hydrogen-bond donors (Lipinski definition) is 1. The van der Waals surface area contributed by atoms with Crippen LogP contribution >= 0.6 is 0 Å². The average molecular weight is 289 g/mol. The van der Waals surface area contributed by atoms with Crippen molar-refractivity contribution in [1.82, 2.24) is 5.32 Å². The minimum atomic E-state index is -0.0853. The molecule has 2 nitrogen and oxygen atoms in total. The Morgan fingerprint density at radius 2 is 1.86 bits per heavy atom. The third-order valence-electron chi connectivity index (χ3n) is 4.24. The van der Waals surface area contributed by atoms with Crippen LogP contribution in [-0.4, -0.2) is 18.8 Å². The van der Waals surface area contributed by atoms with Gasteiger partial charge in [0, 0.05) is 0 Å². The highest BCUT2D eigenvalue weighted by Gasteiger charge is 2.20. The molecule has 0 heterocycles. The molecule has 0 bridgehead atoms. The van der Waals surface area contributed by atoms with Gasteiger partial charge in [-0.25, -0.2) is 0 Å². The van der Waals surface area contributed by atoms with Crippen molar-refractivity contribution >= 4 is 0 Å². The fourth-order valence-electron chi connectivity index (χ4n) is 2.67. The lowest BCUT2D eigenvalue weighted by Crippen LogP contribution is -2.30. The predicted molar refractivity (Wildman–Crippen MR) is 89.8 cm³/mol. The Hall–Kier alpha value is -0.860. The van der Waals surface area contributed by atoms with Crippen LogP contribution in [0.3, 0.4) is 0 Å². The van der Waals surface area contributed by atoms with E-state index in [1.165, 1.54) is 30.4 Å². The van der Waals surface area contributed by atoms with E-state index in [0.717, 1.165) is 25.5 Å². The molecule has 1 aliphatic rings. The van der Waals surface area contributed by atoms with Crippen molar-refractivity contribution in [3.8, 4) is 0 Å². The average Bonchev–Trinajstić information content (AvgIpc) is 2.37. The molecule has 0 amide bonds. The monoisotopic (exact) mass is 289 g/mol. The normalized spacial score (nSPS) is 17.5. The highest BCUT2D eigenvalue weighted by atomic mass is 16.5. The van der Waals surface area contributed by atoms with Crippen molar-refractivity contribution in [2.75, 3.05) is 13.2 Å². The molecule has 2 heteroatoms. The van der Waals surface area contributed by atoms with E-state index in [9.17, 15) is 0 Å². The molecule has 1 fully saturated rings. The summed E-state index contributed by atoms with van der Waals surface area (Å²) < 4.78 is 5.99. The number of ether oxygens (including phenoxy) is 1. The fourth-order valence-corrected chi connectivity index (χ4v) is 2.67. The Kier molecular flexibility index (Phi) is 5.83. The van der Waals surface area contributed by atoms with E-state index in [1.807, 2.05) is 0 Å². The molecule has 1 aromatic carbocycles. The molecule has 1 atom stereocenters. The lowest BCUT2D eigenvalue weighted by atomic mass is 9.80. The SMILES string of the molecule is CCCNC(COC(C)(C)C)c1ccc(C2CCC2)cc1. The second-order valence-electron chi connectivity index (χ2n) is 7.22. The van der Waals surface area contributed by atoms with Gasteiger partial charge in [0.1, 0.15) is 0 Å². The molecule has 0 radical (unpaired) electrons. The van der Waals surface area contributed by atoms with Crippen LogP contribution in [-0.2, 0) is 4.74 Å². The molecule has 21 heavy (non-hydrogen) atoms. The Balaban J connectivity index is 2.00. The highest BCUT2D eigenvalue weighted by molar-refractivity contribution is 5.28. The summed E-state index contributed by atoms with van der Waals surface area (Å²) in [5, 5.41) is 3.61. The van der Waals surface area contributed by atoms with Gasteiger partial charge in [0.25, 0.3) is 0 Å². The Morgan fingerprint density at radius 1 is 1.19 bits per heavy atom. The lowest BCUT2D eigenvalue weighted by molar-refractivity contribution is -0.0147. The summed E-state index contributed by atoms with van der Waals surface area (Å²) in [4.78, 5) is 0. The van der Waals surface area contributed by atoms with Crippen LogP contribution in [0.2, 0.25) is 0 Å². The molecular formula is C19H31NO. The first-order valence-electron chi connectivity index (χ1n) is 8.47. The van der Waals surface area contributed by atoms with Crippen molar-refractivity contribution in [3.05, 3.63) is 35.4 Å². The summed E-state index contributed by atoms with van der Waals surface area (Å²) in [6, 6.07) is 9.49. The number of nitrogens with one attached hydrogen (secondary N) is 1. The van der Waals surface area contributed by atoms with Gasteiger partial charge in [-0.1, -0.05) is 37.6 Å². The molecule has 1 aromatic rings. The van der Waals surface area contributed by atoms with Crippen LogP contribution in [0.4, 0.5) is 0 Å². The molecule has 0 saturated heterocycles. The van der Waals surface area contributed by atoms with Crippen LogP contribution in [0.25, 0.3) is 0 Å². The smallest absolute Gasteiger partial charge is 0.0668 e. The van der Waals surface area contributed by atoms with Gasteiger partial charge >= 0.3 is 0 Å². The Labute approximate surface area is 130 Å². The molecule has 118 valence electrons. The van der Waals surface area contributed by atoms with Gasteiger partial charge < -0.3 is 10.1 Å². The summed E-state index contributed by atoms with van der Waals surface area (Å²) in [5.74, 6) is 0.812. The van der Waals surface area contributed by atoms with Crippen molar-refractivity contribution in [1.29, 1.82) is 0 Å². The molecular weight excluding hydrogens is 258 g/mol. The summed E-state index contributed by atoms with van der Waals surface area (Å²) in [7, 11) is 0. The Morgan fingerprint density at radius 3 is 2.33 bits per heavy atom. The molecule has 0 spiro atoms. The number of rotatable bonds is 7. The van der Waals surface area contributed by atoms with Gasteiger partial charge in [0.15, 0.2) is 0 Å². The summed E-state index contributed by atoms with van der Waals surface area (Å²) in [5.41, 5.74) is 2.77. The quantitative estimate of drug-likeness (QED) is 0.777. The molecule has 1 saturated carbocycles. The summed E-state index contributed by atoms with van der Waals surface area (Å²) in [6.07, 6.45) is 5.27. The van der Waals surface area contributed by atoms with Crippen LogP contribution in [0.1, 0.15) is 76.5 Å². The molecule has 0 aromatic heterocycles. The zero-order chi connectivity index (χ0) is 15.3. The first kappa shape index (κ1) is 16.5.